The van der Waals surface area contributed by atoms with Crippen molar-refractivity contribution < 1.29 is 27.9 Å². The van der Waals surface area contributed by atoms with E-state index < -0.39 is 25.5 Å². The van der Waals surface area contributed by atoms with Gasteiger partial charge in [-0.25, -0.2) is 0 Å². The molecule has 0 atom stereocenters. The SMILES string of the molecule is CC(C)=CCCC(C)=CCCC(C)=CC(=O)C(F)(F)CP(=O)(O)O. The third-order valence-electron chi connectivity index (χ3n) is 3.27. The molecular formula is C17H27F2O4P. The summed E-state index contributed by atoms with van der Waals surface area (Å²) in [6.45, 7) is 7.62. The molecule has 0 amide bonds. The zero-order chi connectivity index (χ0) is 19.0. The zero-order valence-electron chi connectivity index (χ0n) is 14.7. The van der Waals surface area contributed by atoms with Crippen LogP contribution in [0.1, 0.15) is 53.4 Å². The summed E-state index contributed by atoms with van der Waals surface area (Å²) in [7, 11) is -4.95. The van der Waals surface area contributed by atoms with Gasteiger partial charge in [0.2, 0.25) is 5.78 Å². The normalized spacial score (nSPS) is 13.8. The molecule has 0 heterocycles. The largest absolute Gasteiger partial charge is 0.332 e. The van der Waals surface area contributed by atoms with Crippen LogP contribution in [0.15, 0.2) is 34.9 Å². The molecule has 0 aromatic carbocycles. The maximum Gasteiger partial charge on any atom is 0.332 e. The van der Waals surface area contributed by atoms with Crippen LogP contribution >= 0.6 is 7.60 Å². The van der Waals surface area contributed by atoms with Crippen LogP contribution < -0.4 is 0 Å². The summed E-state index contributed by atoms with van der Waals surface area (Å²) in [5.41, 5.74) is 2.91. The van der Waals surface area contributed by atoms with E-state index in [0.717, 1.165) is 18.9 Å². The fourth-order valence-corrected chi connectivity index (χ4v) is 2.65. The first-order valence-corrected chi connectivity index (χ1v) is 9.56. The monoisotopic (exact) mass is 364 g/mol. The maximum atomic E-state index is 13.4. The lowest BCUT2D eigenvalue weighted by molar-refractivity contribution is -0.135. The van der Waals surface area contributed by atoms with Crippen LogP contribution in [0.5, 0.6) is 0 Å². The molecule has 0 saturated heterocycles. The van der Waals surface area contributed by atoms with E-state index in [9.17, 15) is 18.1 Å². The number of carbonyl (C=O) groups is 1. The highest BCUT2D eigenvalue weighted by molar-refractivity contribution is 7.51. The predicted octanol–water partition coefficient (Wildman–Crippen LogP) is 4.79. The Morgan fingerprint density at radius 1 is 1.00 bits per heavy atom. The third kappa shape index (κ3) is 11.4. The van der Waals surface area contributed by atoms with Gasteiger partial charge in [-0.1, -0.05) is 28.9 Å². The Hall–Kier alpha value is -1.10. The number of ketones is 1. The first kappa shape index (κ1) is 22.9. The van der Waals surface area contributed by atoms with Crippen molar-refractivity contribution in [3.63, 3.8) is 0 Å². The molecule has 2 N–H and O–H groups in total. The number of alkyl halides is 2. The Bertz CT molecular complexity index is 567. The van der Waals surface area contributed by atoms with Crippen LogP contribution in [0, 0.1) is 0 Å². The number of rotatable bonds is 10. The Kier molecular flexibility index (Phi) is 9.56. The van der Waals surface area contributed by atoms with E-state index in [4.69, 9.17) is 9.79 Å². The van der Waals surface area contributed by atoms with Crippen LogP contribution in [-0.2, 0) is 9.36 Å². The molecule has 0 radical (unpaired) electrons. The van der Waals surface area contributed by atoms with Crippen LogP contribution in [0.25, 0.3) is 0 Å². The molecule has 0 saturated carbocycles. The minimum atomic E-state index is -4.95. The molecule has 0 bridgehead atoms. The van der Waals surface area contributed by atoms with Gasteiger partial charge in [0.15, 0.2) is 0 Å². The zero-order valence-corrected chi connectivity index (χ0v) is 15.6. The average Bonchev–Trinajstić information content (AvgIpc) is 2.35. The molecule has 0 aliphatic carbocycles. The van der Waals surface area contributed by atoms with Crippen LogP contribution in [0.4, 0.5) is 8.78 Å². The molecule has 0 aromatic rings. The Labute approximate surface area is 142 Å². The standard InChI is InChI=1S/C17H27F2O4P/c1-13(2)7-5-8-14(3)9-6-10-15(4)11-16(20)17(18,19)12-24(21,22)23/h7,9,11H,5-6,8,10,12H2,1-4H3,(H2,21,22,23). The fourth-order valence-electron chi connectivity index (χ4n) is 1.97. The quantitative estimate of drug-likeness (QED) is 0.332. The smallest absolute Gasteiger partial charge is 0.324 e. The number of allylic oxidation sites excluding steroid dienone is 6. The van der Waals surface area contributed by atoms with Crippen molar-refractivity contribution >= 4 is 13.4 Å². The lowest BCUT2D eigenvalue weighted by Gasteiger charge is -2.14. The van der Waals surface area contributed by atoms with E-state index in [-0.39, 0.29) is 0 Å². The molecule has 7 heteroatoms. The molecular weight excluding hydrogens is 337 g/mol. The van der Waals surface area contributed by atoms with Crippen LogP contribution in [0.2, 0.25) is 0 Å². The summed E-state index contributed by atoms with van der Waals surface area (Å²) in [6, 6.07) is 0. The number of carbonyl (C=O) groups excluding carboxylic acids is 1. The maximum absolute atomic E-state index is 13.4. The van der Waals surface area contributed by atoms with Crippen molar-refractivity contribution in [3.8, 4) is 0 Å². The van der Waals surface area contributed by atoms with E-state index in [0.29, 0.717) is 18.4 Å². The van der Waals surface area contributed by atoms with Gasteiger partial charge in [-0.05, 0) is 59.5 Å². The second-order valence-corrected chi connectivity index (χ2v) is 7.94. The second kappa shape index (κ2) is 10.0. The van der Waals surface area contributed by atoms with Crippen molar-refractivity contribution in [3.05, 3.63) is 34.9 Å². The molecule has 0 unspecified atom stereocenters. The molecule has 138 valence electrons. The van der Waals surface area contributed by atoms with Crippen LogP contribution in [0.3, 0.4) is 0 Å². The third-order valence-corrected chi connectivity index (χ3v) is 4.07. The lowest BCUT2D eigenvalue weighted by atomic mass is 10.0. The van der Waals surface area contributed by atoms with Gasteiger partial charge in [0.1, 0.15) is 6.16 Å². The Morgan fingerprint density at radius 3 is 2.00 bits per heavy atom. The second-order valence-electron chi connectivity index (χ2n) is 6.29. The molecule has 0 rings (SSSR count). The molecule has 0 aliphatic rings. The van der Waals surface area contributed by atoms with E-state index >= 15 is 0 Å². The first-order chi connectivity index (χ1) is 10.8. The minimum Gasteiger partial charge on any atom is -0.324 e. The van der Waals surface area contributed by atoms with Gasteiger partial charge in [0, 0.05) is 0 Å². The Balaban J connectivity index is 4.53. The van der Waals surface area contributed by atoms with E-state index in [1.165, 1.54) is 11.1 Å². The molecule has 0 fully saturated rings. The van der Waals surface area contributed by atoms with Gasteiger partial charge in [0.25, 0.3) is 0 Å². The summed E-state index contributed by atoms with van der Waals surface area (Å²) < 4.78 is 37.5. The van der Waals surface area contributed by atoms with Crippen molar-refractivity contribution in [2.75, 3.05) is 6.16 Å². The highest BCUT2D eigenvalue weighted by Gasteiger charge is 2.43. The molecule has 4 nitrogen and oxygen atoms in total. The number of hydrogen-bond acceptors (Lipinski definition) is 2. The number of hydrogen-bond donors (Lipinski definition) is 2. The fraction of sp³-hybridized carbons (Fsp3) is 0.588. The summed E-state index contributed by atoms with van der Waals surface area (Å²) in [6.07, 6.45) is 6.12. The van der Waals surface area contributed by atoms with Crippen molar-refractivity contribution in [1.82, 2.24) is 0 Å². The van der Waals surface area contributed by atoms with Gasteiger partial charge in [-0.2, -0.15) is 8.78 Å². The number of halogens is 2. The van der Waals surface area contributed by atoms with Gasteiger partial charge < -0.3 is 9.79 Å². The lowest BCUT2D eigenvalue weighted by Crippen LogP contribution is -2.31. The summed E-state index contributed by atoms with van der Waals surface area (Å²) in [5, 5.41) is 0. The average molecular weight is 364 g/mol. The van der Waals surface area contributed by atoms with Crippen molar-refractivity contribution in [2.45, 2.75) is 59.3 Å². The summed E-state index contributed by atoms with van der Waals surface area (Å²) in [4.78, 5) is 28.6. The van der Waals surface area contributed by atoms with Gasteiger partial charge in [-0.3, -0.25) is 9.36 Å². The van der Waals surface area contributed by atoms with Crippen molar-refractivity contribution in [2.24, 2.45) is 0 Å². The highest BCUT2D eigenvalue weighted by Crippen LogP contribution is 2.41. The summed E-state index contributed by atoms with van der Waals surface area (Å²) in [5.74, 6) is -5.61. The topological polar surface area (TPSA) is 74.6 Å². The molecule has 0 spiro atoms. The van der Waals surface area contributed by atoms with Crippen LogP contribution in [-0.4, -0.2) is 27.7 Å². The van der Waals surface area contributed by atoms with Gasteiger partial charge in [-0.15, -0.1) is 0 Å². The van der Waals surface area contributed by atoms with Gasteiger partial charge >= 0.3 is 13.5 Å². The van der Waals surface area contributed by atoms with Crippen molar-refractivity contribution in [1.29, 1.82) is 0 Å². The predicted molar refractivity (Wildman–Crippen MR) is 92.3 cm³/mol. The first-order valence-electron chi connectivity index (χ1n) is 7.76. The minimum absolute atomic E-state index is 0.442. The van der Waals surface area contributed by atoms with E-state index in [1.807, 2.05) is 26.8 Å². The molecule has 0 aromatic heterocycles. The Morgan fingerprint density at radius 2 is 1.50 bits per heavy atom. The van der Waals surface area contributed by atoms with Gasteiger partial charge in [0.05, 0.1) is 0 Å². The highest BCUT2D eigenvalue weighted by atomic mass is 31.2. The summed E-state index contributed by atoms with van der Waals surface area (Å²) >= 11 is 0. The molecule has 24 heavy (non-hydrogen) atoms. The molecule has 0 aliphatic heterocycles. The van der Waals surface area contributed by atoms with E-state index in [2.05, 4.69) is 6.08 Å². The van der Waals surface area contributed by atoms with E-state index in [1.54, 1.807) is 6.92 Å².